The van der Waals surface area contributed by atoms with Gasteiger partial charge in [-0.05, 0) is 24.6 Å². The van der Waals surface area contributed by atoms with Gasteiger partial charge in [0.1, 0.15) is 23.6 Å². The van der Waals surface area contributed by atoms with Crippen LogP contribution in [0.4, 0.5) is 11.7 Å². The molecule has 5 rings (SSSR count). The maximum atomic E-state index is 11.6. The molecular formula is C21H21N5O4. The monoisotopic (exact) mass is 407 g/mol. The number of nitrogens with two attached hydrogens (primary N) is 2. The van der Waals surface area contributed by atoms with Crippen LogP contribution in [0.1, 0.15) is 13.3 Å². The molecule has 2 aromatic carbocycles. The lowest BCUT2D eigenvalue weighted by atomic mass is 10.1. The average Bonchev–Trinajstić information content (AvgIpc) is 3.19. The zero-order valence-electron chi connectivity index (χ0n) is 16.3. The van der Waals surface area contributed by atoms with Crippen LogP contribution < -0.4 is 26.3 Å². The van der Waals surface area contributed by atoms with E-state index in [9.17, 15) is 4.79 Å². The van der Waals surface area contributed by atoms with Gasteiger partial charge in [0.15, 0.2) is 11.7 Å². The zero-order valence-corrected chi connectivity index (χ0v) is 16.3. The third-order valence-electron chi connectivity index (χ3n) is 5.16. The number of nitrogens with one attached hydrogen (secondary N) is 2. The second-order valence-electron chi connectivity index (χ2n) is 7.15. The Morgan fingerprint density at radius 3 is 3.00 bits per heavy atom. The summed E-state index contributed by atoms with van der Waals surface area (Å²) in [5.41, 5.74) is 16.0. The molecule has 0 aliphatic carbocycles. The fraction of sp³-hybridized carbons (Fsp3) is 0.238. The second-order valence-corrected chi connectivity index (χ2v) is 7.15. The summed E-state index contributed by atoms with van der Waals surface area (Å²) < 4.78 is 17.1. The minimum atomic E-state index is -0.701. The molecule has 1 amide bonds. The summed E-state index contributed by atoms with van der Waals surface area (Å²) in [5, 5.41) is 4.36. The summed E-state index contributed by atoms with van der Waals surface area (Å²) >= 11 is 0. The van der Waals surface area contributed by atoms with Crippen molar-refractivity contribution in [3.8, 4) is 22.8 Å². The number of nitrogens with zero attached hydrogens (tertiary/aromatic N) is 1. The molecule has 0 fully saturated rings. The SMILES string of the molecule is CC[C@@H](Oc1cc2c3c(c(-c4ccc5oc(N)nc5c4)[nH]c3c1)NCCO2)C(N)=O. The molecule has 3 heterocycles. The highest BCUT2D eigenvalue weighted by atomic mass is 16.5. The minimum Gasteiger partial charge on any atom is -0.491 e. The summed E-state index contributed by atoms with van der Waals surface area (Å²) in [7, 11) is 0. The summed E-state index contributed by atoms with van der Waals surface area (Å²) in [5.74, 6) is 0.694. The topological polar surface area (TPSA) is 141 Å². The lowest BCUT2D eigenvalue weighted by Gasteiger charge is -2.15. The molecule has 30 heavy (non-hydrogen) atoms. The van der Waals surface area contributed by atoms with E-state index in [1.54, 1.807) is 6.07 Å². The Hall–Kier alpha value is -3.88. The Kier molecular flexibility index (Phi) is 4.16. The summed E-state index contributed by atoms with van der Waals surface area (Å²) in [6.07, 6.45) is -0.222. The van der Waals surface area contributed by atoms with Gasteiger partial charge in [-0.1, -0.05) is 6.92 Å². The zero-order chi connectivity index (χ0) is 20.8. The normalized spacial score (nSPS) is 14.2. The van der Waals surface area contributed by atoms with E-state index in [2.05, 4.69) is 15.3 Å². The smallest absolute Gasteiger partial charge is 0.292 e. The van der Waals surface area contributed by atoms with Gasteiger partial charge in [-0.3, -0.25) is 4.79 Å². The predicted octanol–water partition coefficient (Wildman–Crippen LogP) is 3.01. The maximum Gasteiger partial charge on any atom is 0.292 e. The third-order valence-corrected chi connectivity index (χ3v) is 5.16. The first-order valence-corrected chi connectivity index (χ1v) is 9.72. The Labute approximate surface area is 171 Å². The number of benzene rings is 2. The van der Waals surface area contributed by atoms with Crippen molar-refractivity contribution in [1.29, 1.82) is 0 Å². The molecule has 0 saturated carbocycles. The van der Waals surface area contributed by atoms with Crippen molar-refractivity contribution in [1.82, 2.24) is 9.97 Å². The van der Waals surface area contributed by atoms with Gasteiger partial charge >= 0.3 is 0 Å². The number of aromatic amines is 1. The van der Waals surface area contributed by atoms with Crippen LogP contribution in [0.25, 0.3) is 33.3 Å². The van der Waals surface area contributed by atoms with Gasteiger partial charge in [0.2, 0.25) is 0 Å². The fourth-order valence-electron chi connectivity index (χ4n) is 3.79. The quantitative estimate of drug-likeness (QED) is 0.398. The number of primary amides is 1. The molecule has 4 aromatic rings. The van der Waals surface area contributed by atoms with E-state index >= 15 is 0 Å². The largest absolute Gasteiger partial charge is 0.491 e. The average molecular weight is 407 g/mol. The number of H-pyrrole nitrogens is 1. The molecule has 0 spiro atoms. The molecule has 1 atom stereocenters. The molecule has 0 bridgehead atoms. The number of hydrogen-bond acceptors (Lipinski definition) is 7. The maximum absolute atomic E-state index is 11.6. The molecule has 6 N–H and O–H groups in total. The highest BCUT2D eigenvalue weighted by Crippen LogP contribution is 2.43. The Bertz CT molecular complexity index is 1280. The van der Waals surface area contributed by atoms with Crippen LogP contribution in [-0.4, -0.2) is 35.1 Å². The molecule has 9 heteroatoms. The number of hydrogen-bond donors (Lipinski definition) is 4. The van der Waals surface area contributed by atoms with Gasteiger partial charge in [-0.25, -0.2) is 0 Å². The van der Waals surface area contributed by atoms with Crippen molar-refractivity contribution >= 4 is 39.6 Å². The molecule has 154 valence electrons. The third kappa shape index (κ3) is 2.95. The highest BCUT2D eigenvalue weighted by Gasteiger charge is 2.23. The Balaban J connectivity index is 1.65. The number of nitrogen functional groups attached to an aromatic ring is 1. The van der Waals surface area contributed by atoms with E-state index in [0.717, 1.165) is 27.8 Å². The molecule has 0 unspecified atom stereocenters. The predicted molar refractivity (Wildman–Crippen MR) is 114 cm³/mol. The first kappa shape index (κ1) is 18.2. The van der Waals surface area contributed by atoms with E-state index in [1.807, 2.05) is 31.2 Å². The van der Waals surface area contributed by atoms with Crippen molar-refractivity contribution in [2.75, 3.05) is 24.2 Å². The molecule has 0 saturated heterocycles. The summed E-state index contributed by atoms with van der Waals surface area (Å²) in [6, 6.07) is 9.48. The van der Waals surface area contributed by atoms with Crippen LogP contribution in [0.15, 0.2) is 34.7 Å². The number of fused-ring (bicyclic) bond motifs is 1. The van der Waals surface area contributed by atoms with E-state index in [-0.39, 0.29) is 6.01 Å². The lowest BCUT2D eigenvalue weighted by molar-refractivity contribution is -0.124. The molecular weight excluding hydrogens is 386 g/mol. The first-order valence-electron chi connectivity index (χ1n) is 9.72. The molecule has 0 radical (unpaired) electrons. The van der Waals surface area contributed by atoms with Crippen molar-refractivity contribution in [3.63, 3.8) is 0 Å². The number of oxazole rings is 1. The Morgan fingerprint density at radius 2 is 2.20 bits per heavy atom. The lowest BCUT2D eigenvalue weighted by Crippen LogP contribution is -2.32. The van der Waals surface area contributed by atoms with Crippen LogP contribution >= 0.6 is 0 Å². The first-order chi connectivity index (χ1) is 14.5. The van der Waals surface area contributed by atoms with E-state index in [0.29, 0.717) is 42.2 Å². The molecule has 2 aromatic heterocycles. The number of aromatic nitrogens is 2. The van der Waals surface area contributed by atoms with Crippen LogP contribution in [0.5, 0.6) is 11.5 Å². The summed E-state index contributed by atoms with van der Waals surface area (Å²) in [6.45, 7) is 2.99. The van der Waals surface area contributed by atoms with Gasteiger partial charge in [0.05, 0.1) is 22.3 Å². The van der Waals surface area contributed by atoms with Gasteiger partial charge in [0.25, 0.3) is 11.9 Å². The van der Waals surface area contributed by atoms with Crippen LogP contribution in [0, 0.1) is 0 Å². The van der Waals surface area contributed by atoms with Gasteiger partial charge in [0, 0.05) is 24.2 Å². The number of carbonyl (C=O) groups excluding carboxylic acids is 1. The van der Waals surface area contributed by atoms with Crippen molar-refractivity contribution in [2.24, 2.45) is 5.73 Å². The fourth-order valence-corrected chi connectivity index (χ4v) is 3.79. The van der Waals surface area contributed by atoms with Crippen molar-refractivity contribution in [3.05, 3.63) is 30.3 Å². The standard InChI is InChI=1S/C21H21N5O4/c1-2-14(20(22)27)29-11-8-13-17-16(9-11)28-6-5-24-19(17)18(25-13)10-3-4-15-12(7-10)26-21(23)30-15/h3-4,7-9,14,24-25H,2,5-6H2,1H3,(H2,22,27)(H2,23,26)/t14-/m1/s1. The van der Waals surface area contributed by atoms with Crippen LogP contribution in [0.3, 0.4) is 0 Å². The molecule has 1 aliphatic rings. The highest BCUT2D eigenvalue weighted by molar-refractivity contribution is 6.06. The van der Waals surface area contributed by atoms with E-state index in [4.69, 9.17) is 25.4 Å². The number of carbonyl (C=O) groups is 1. The number of anilines is 2. The number of amides is 1. The molecule has 9 nitrogen and oxygen atoms in total. The number of ether oxygens (including phenoxy) is 2. The summed E-state index contributed by atoms with van der Waals surface area (Å²) in [4.78, 5) is 19.3. The minimum absolute atomic E-state index is 0.132. The van der Waals surface area contributed by atoms with Crippen LogP contribution in [-0.2, 0) is 4.79 Å². The van der Waals surface area contributed by atoms with Gasteiger partial charge < -0.3 is 35.7 Å². The Morgan fingerprint density at radius 1 is 1.33 bits per heavy atom. The number of rotatable bonds is 5. The van der Waals surface area contributed by atoms with Crippen molar-refractivity contribution in [2.45, 2.75) is 19.4 Å². The van der Waals surface area contributed by atoms with Gasteiger partial charge in [-0.15, -0.1) is 0 Å². The second kappa shape index (κ2) is 6.87. The van der Waals surface area contributed by atoms with Gasteiger partial charge in [-0.2, -0.15) is 4.98 Å². The van der Waals surface area contributed by atoms with E-state index < -0.39 is 12.0 Å². The molecule has 1 aliphatic heterocycles. The van der Waals surface area contributed by atoms with Crippen molar-refractivity contribution < 1.29 is 18.7 Å². The van der Waals surface area contributed by atoms with E-state index in [1.165, 1.54) is 0 Å². The van der Waals surface area contributed by atoms with Crippen LogP contribution in [0.2, 0.25) is 0 Å².